The Morgan fingerprint density at radius 1 is 1.20 bits per heavy atom. The van der Waals surface area contributed by atoms with Gasteiger partial charge in [-0.15, -0.1) is 0 Å². The second kappa shape index (κ2) is 6.85. The third-order valence-electron chi connectivity index (χ3n) is 2.52. The maximum atomic E-state index is 12.2. The Kier molecular flexibility index (Phi) is 5.71. The SMILES string of the molecule is Cc1ccc([C@@H](CO[SH](=O)=O)C(=O)OC(C)(C)C)cc1. The molecule has 0 saturated heterocycles. The van der Waals surface area contributed by atoms with Crippen LogP contribution in [0.4, 0.5) is 0 Å². The van der Waals surface area contributed by atoms with Crippen molar-refractivity contribution in [2.45, 2.75) is 39.2 Å². The van der Waals surface area contributed by atoms with E-state index in [1.165, 1.54) is 0 Å². The number of benzene rings is 1. The summed E-state index contributed by atoms with van der Waals surface area (Å²) in [4.78, 5) is 12.2. The Bertz CT molecular complexity index is 517. The standard InChI is InChI=1S/C14H20O5S/c1-10-5-7-11(8-6-10)12(9-18-20(16)17)13(15)19-14(2,3)4/h5-8,12,20H,9H2,1-4H3/t12-/m1/s1. The molecule has 112 valence electrons. The van der Waals surface area contributed by atoms with Gasteiger partial charge in [-0.2, -0.15) is 0 Å². The fourth-order valence-electron chi connectivity index (χ4n) is 1.61. The molecule has 0 heterocycles. The third kappa shape index (κ3) is 5.71. The van der Waals surface area contributed by atoms with E-state index in [0.29, 0.717) is 5.56 Å². The predicted molar refractivity (Wildman–Crippen MR) is 76.0 cm³/mol. The molecule has 0 aliphatic carbocycles. The first-order chi connectivity index (χ1) is 9.19. The molecule has 0 aromatic heterocycles. The van der Waals surface area contributed by atoms with Crippen LogP contribution in [0.1, 0.15) is 37.8 Å². The van der Waals surface area contributed by atoms with Gasteiger partial charge in [0, 0.05) is 0 Å². The van der Waals surface area contributed by atoms with E-state index in [4.69, 9.17) is 4.74 Å². The fraction of sp³-hybridized carbons (Fsp3) is 0.500. The summed E-state index contributed by atoms with van der Waals surface area (Å²) in [6.45, 7) is 6.94. The number of carbonyl (C=O) groups excluding carboxylic acids is 1. The van der Waals surface area contributed by atoms with E-state index >= 15 is 0 Å². The van der Waals surface area contributed by atoms with Crippen LogP contribution in [0.3, 0.4) is 0 Å². The van der Waals surface area contributed by atoms with Gasteiger partial charge in [0.2, 0.25) is 0 Å². The minimum Gasteiger partial charge on any atom is -0.459 e. The highest BCUT2D eigenvalue weighted by molar-refractivity contribution is 7.67. The van der Waals surface area contributed by atoms with E-state index in [1.54, 1.807) is 32.9 Å². The van der Waals surface area contributed by atoms with Crippen molar-refractivity contribution in [3.05, 3.63) is 35.4 Å². The summed E-state index contributed by atoms with van der Waals surface area (Å²) in [5, 5.41) is 0. The van der Waals surface area contributed by atoms with Crippen LogP contribution in [0.5, 0.6) is 0 Å². The summed E-state index contributed by atoms with van der Waals surface area (Å²) in [5.74, 6) is -1.26. The average Bonchev–Trinajstić information content (AvgIpc) is 2.29. The molecule has 0 saturated carbocycles. The molecule has 1 aromatic rings. The van der Waals surface area contributed by atoms with E-state index < -0.39 is 28.5 Å². The first-order valence-corrected chi connectivity index (χ1v) is 7.35. The fourth-order valence-corrected chi connectivity index (χ4v) is 1.88. The van der Waals surface area contributed by atoms with Crippen LogP contribution in [0.2, 0.25) is 0 Å². The normalized spacial score (nSPS) is 13.2. The van der Waals surface area contributed by atoms with Crippen molar-refractivity contribution in [2.75, 3.05) is 6.61 Å². The first-order valence-electron chi connectivity index (χ1n) is 6.26. The highest BCUT2D eigenvalue weighted by Crippen LogP contribution is 2.22. The quantitative estimate of drug-likeness (QED) is 0.665. The van der Waals surface area contributed by atoms with Gasteiger partial charge in [-0.3, -0.25) is 8.98 Å². The van der Waals surface area contributed by atoms with E-state index in [2.05, 4.69) is 4.18 Å². The van der Waals surface area contributed by atoms with Crippen LogP contribution < -0.4 is 0 Å². The van der Waals surface area contributed by atoms with Gasteiger partial charge < -0.3 is 4.74 Å². The van der Waals surface area contributed by atoms with Crippen LogP contribution in [-0.2, 0) is 24.7 Å². The van der Waals surface area contributed by atoms with Gasteiger partial charge >= 0.3 is 5.97 Å². The average molecular weight is 300 g/mol. The lowest BCUT2D eigenvalue weighted by molar-refractivity contribution is -0.157. The second-order valence-corrected chi connectivity index (χ2v) is 6.22. The molecule has 0 fully saturated rings. The minimum atomic E-state index is -3.00. The van der Waals surface area contributed by atoms with Crippen molar-refractivity contribution in [1.29, 1.82) is 0 Å². The summed E-state index contributed by atoms with van der Waals surface area (Å²) in [7, 11) is -3.00. The molecule has 0 amide bonds. The molecule has 6 heteroatoms. The largest absolute Gasteiger partial charge is 0.459 e. The highest BCUT2D eigenvalue weighted by Gasteiger charge is 2.27. The molecule has 0 aliphatic heterocycles. The molecule has 1 atom stereocenters. The number of ether oxygens (including phenoxy) is 1. The van der Waals surface area contributed by atoms with Crippen molar-refractivity contribution in [2.24, 2.45) is 0 Å². The lowest BCUT2D eigenvalue weighted by atomic mass is 9.99. The van der Waals surface area contributed by atoms with Crippen molar-refractivity contribution in [3.63, 3.8) is 0 Å². The lowest BCUT2D eigenvalue weighted by Crippen LogP contribution is -2.29. The molecular weight excluding hydrogens is 280 g/mol. The number of hydrogen-bond donors (Lipinski definition) is 1. The van der Waals surface area contributed by atoms with Crippen LogP contribution in [-0.4, -0.2) is 26.6 Å². The Morgan fingerprint density at radius 3 is 2.20 bits per heavy atom. The Balaban J connectivity index is 2.95. The van der Waals surface area contributed by atoms with Gasteiger partial charge in [0.15, 0.2) is 0 Å². The second-order valence-electron chi connectivity index (χ2n) is 5.52. The van der Waals surface area contributed by atoms with Crippen LogP contribution >= 0.6 is 0 Å². The Labute approximate surface area is 121 Å². The summed E-state index contributed by atoms with van der Waals surface area (Å²) in [6, 6.07) is 7.24. The molecule has 0 bridgehead atoms. The molecular formula is C14H20O5S. The van der Waals surface area contributed by atoms with Crippen molar-refractivity contribution >= 4 is 17.0 Å². The van der Waals surface area contributed by atoms with Gasteiger partial charge in [0.05, 0.1) is 6.61 Å². The molecule has 5 nitrogen and oxygen atoms in total. The first kappa shape index (κ1) is 16.7. The number of aryl methyl sites for hydroxylation is 1. The zero-order valence-electron chi connectivity index (χ0n) is 12.1. The summed E-state index contributed by atoms with van der Waals surface area (Å²) >= 11 is 0. The molecule has 1 rings (SSSR count). The molecule has 1 aromatic carbocycles. The number of thiol groups is 1. The van der Waals surface area contributed by atoms with Crippen LogP contribution in [0.15, 0.2) is 24.3 Å². The summed E-state index contributed by atoms with van der Waals surface area (Å²) in [5.41, 5.74) is 1.08. The third-order valence-corrected chi connectivity index (χ3v) is 2.88. The zero-order valence-corrected chi connectivity index (χ0v) is 13.0. The lowest BCUT2D eigenvalue weighted by Gasteiger charge is -2.23. The zero-order chi connectivity index (χ0) is 15.3. The number of hydrogen-bond acceptors (Lipinski definition) is 5. The van der Waals surface area contributed by atoms with Gasteiger partial charge in [0.1, 0.15) is 11.5 Å². The highest BCUT2D eigenvalue weighted by atomic mass is 32.2. The van der Waals surface area contributed by atoms with E-state index in [-0.39, 0.29) is 6.61 Å². The van der Waals surface area contributed by atoms with Gasteiger partial charge in [0.25, 0.3) is 11.0 Å². The van der Waals surface area contributed by atoms with Crippen LogP contribution in [0.25, 0.3) is 0 Å². The van der Waals surface area contributed by atoms with Crippen molar-refractivity contribution in [1.82, 2.24) is 0 Å². The topological polar surface area (TPSA) is 69.7 Å². The van der Waals surface area contributed by atoms with E-state index in [9.17, 15) is 13.2 Å². The Hall–Kier alpha value is -1.40. The number of esters is 1. The van der Waals surface area contributed by atoms with Gasteiger partial charge in [-0.25, -0.2) is 8.42 Å². The van der Waals surface area contributed by atoms with Gasteiger partial charge in [-0.05, 0) is 33.3 Å². The molecule has 20 heavy (non-hydrogen) atoms. The molecule has 0 spiro atoms. The van der Waals surface area contributed by atoms with Crippen molar-refractivity contribution in [3.8, 4) is 0 Å². The Morgan fingerprint density at radius 2 is 1.75 bits per heavy atom. The van der Waals surface area contributed by atoms with Crippen LogP contribution in [0, 0.1) is 6.92 Å². The van der Waals surface area contributed by atoms with Gasteiger partial charge in [-0.1, -0.05) is 29.8 Å². The molecule has 0 unspecified atom stereocenters. The minimum absolute atomic E-state index is 0.253. The maximum absolute atomic E-state index is 12.2. The maximum Gasteiger partial charge on any atom is 0.316 e. The van der Waals surface area contributed by atoms with Crippen molar-refractivity contribution < 1.29 is 22.1 Å². The smallest absolute Gasteiger partial charge is 0.316 e. The van der Waals surface area contributed by atoms with E-state index in [0.717, 1.165) is 5.56 Å². The summed E-state index contributed by atoms with van der Waals surface area (Å²) in [6.07, 6.45) is 0. The number of rotatable bonds is 5. The number of carbonyl (C=O) groups is 1. The van der Waals surface area contributed by atoms with E-state index in [1.807, 2.05) is 19.1 Å². The summed E-state index contributed by atoms with van der Waals surface area (Å²) < 4.78 is 31.0. The predicted octanol–water partition coefficient (Wildman–Crippen LogP) is 1.96. The molecule has 0 N–H and O–H groups in total. The molecule has 0 radical (unpaired) electrons. The molecule has 0 aliphatic rings. The monoisotopic (exact) mass is 300 g/mol.